The first-order chi connectivity index (χ1) is 10.9. The summed E-state index contributed by atoms with van der Waals surface area (Å²) in [6, 6.07) is 1.45. The second-order valence-corrected chi connectivity index (χ2v) is 8.27. The minimum Gasteiger partial charge on any atom is -0.372 e. The first-order valence-electron chi connectivity index (χ1n) is 8.01. The van der Waals surface area contributed by atoms with Crippen LogP contribution in [0.15, 0.2) is 17.2 Å². The van der Waals surface area contributed by atoms with Gasteiger partial charge in [-0.3, -0.25) is 4.79 Å². The van der Waals surface area contributed by atoms with Gasteiger partial charge in [-0.15, -0.1) is 0 Å². The fourth-order valence-corrected chi connectivity index (χ4v) is 4.75. The van der Waals surface area contributed by atoms with Crippen molar-refractivity contribution in [1.82, 2.24) is 14.2 Å². The molecule has 0 aliphatic carbocycles. The molecule has 2 unspecified atom stereocenters. The Bertz CT molecular complexity index is 669. The second-order valence-electron chi connectivity index (χ2n) is 6.33. The van der Waals surface area contributed by atoms with Crippen LogP contribution in [0.5, 0.6) is 0 Å². The Morgan fingerprint density at radius 1 is 1.22 bits per heavy atom. The number of carbonyl (C=O) groups excluding carboxylic acids is 1. The number of nitrogens with zero attached hydrogens (tertiary/aromatic N) is 2. The Morgan fingerprint density at radius 3 is 2.43 bits per heavy atom. The van der Waals surface area contributed by atoms with Gasteiger partial charge in [0, 0.05) is 32.4 Å². The molecule has 2 aliphatic rings. The molecule has 3 rings (SSSR count). The highest BCUT2D eigenvalue weighted by atomic mass is 32.2. The monoisotopic (exact) mass is 341 g/mol. The summed E-state index contributed by atoms with van der Waals surface area (Å²) < 4.78 is 32.1. The van der Waals surface area contributed by atoms with Gasteiger partial charge in [0.05, 0.1) is 12.2 Å². The number of ether oxygens (including phenoxy) is 1. The molecule has 0 bridgehead atoms. The molecule has 2 aliphatic heterocycles. The predicted molar refractivity (Wildman–Crippen MR) is 84.7 cm³/mol. The Kier molecular flexibility index (Phi) is 4.48. The van der Waals surface area contributed by atoms with E-state index in [1.165, 1.54) is 16.6 Å². The van der Waals surface area contributed by atoms with Crippen LogP contribution in [0.25, 0.3) is 0 Å². The number of nitrogens with one attached hydrogen (secondary N) is 1. The minimum absolute atomic E-state index is 0.0227. The summed E-state index contributed by atoms with van der Waals surface area (Å²) in [5, 5.41) is 0. The normalized spacial score (nSPS) is 26.6. The smallest absolute Gasteiger partial charge is 0.270 e. The molecular weight excluding hydrogens is 318 g/mol. The zero-order chi connectivity index (χ0) is 16.6. The number of morpholine rings is 1. The molecule has 128 valence electrons. The van der Waals surface area contributed by atoms with Crippen LogP contribution in [0.3, 0.4) is 0 Å². The molecular formula is C15H23N3O4S. The predicted octanol–water partition coefficient (Wildman–Crippen LogP) is 1.05. The molecule has 8 heteroatoms. The third-order valence-corrected chi connectivity index (χ3v) is 6.17. The van der Waals surface area contributed by atoms with Gasteiger partial charge in [0.1, 0.15) is 10.6 Å². The second kappa shape index (κ2) is 6.26. The molecule has 7 nitrogen and oxygen atoms in total. The van der Waals surface area contributed by atoms with Gasteiger partial charge in [-0.1, -0.05) is 0 Å². The van der Waals surface area contributed by atoms with Crippen LogP contribution in [-0.2, 0) is 14.8 Å². The van der Waals surface area contributed by atoms with E-state index < -0.39 is 10.0 Å². The van der Waals surface area contributed by atoms with E-state index in [4.69, 9.17) is 4.74 Å². The quantitative estimate of drug-likeness (QED) is 0.891. The molecule has 23 heavy (non-hydrogen) atoms. The fraction of sp³-hybridized carbons (Fsp3) is 0.667. The molecule has 0 radical (unpaired) electrons. The lowest BCUT2D eigenvalue weighted by molar-refractivity contribution is -0.0587. The van der Waals surface area contributed by atoms with Crippen molar-refractivity contribution in [2.45, 2.75) is 43.8 Å². The highest BCUT2D eigenvalue weighted by molar-refractivity contribution is 7.89. The summed E-state index contributed by atoms with van der Waals surface area (Å²) in [5.74, 6) is -0.185. The number of H-pyrrole nitrogens is 1. The first kappa shape index (κ1) is 16.5. The van der Waals surface area contributed by atoms with Crippen molar-refractivity contribution >= 4 is 15.9 Å². The van der Waals surface area contributed by atoms with Crippen molar-refractivity contribution in [3.63, 3.8) is 0 Å². The SMILES string of the molecule is CC1CN(C(=O)c2cc(S(=O)(=O)N3CCCC3)c[nH]2)CC(C)O1. The zero-order valence-corrected chi connectivity index (χ0v) is 14.3. The van der Waals surface area contributed by atoms with E-state index in [0.29, 0.717) is 31.9 Å². The summed E-state index contributed by atoms with van der Waals surface area (Å²) in [5.41, 5.74) is 0.309. The van der Waals surface area contributed by atoms with Crippen molar-refractivity contribution in [3.05, 3.63) is 18.0 Å². The van der Waals surface area contributed by atoms with Crippen LogP contribution in [0, 0.1) is 0 Å². The summed E-state index contributed by atoms with van der Waals surface area (Å²) in [6.45, 7) is 5.97. The van der Waals surface area contributed by atoms with Gasteiger partial charge in [-0.25, -0.2) is 8.42 Å². The molecule has 1 aromatic rings. The van der Waals surface area contributed by atoms with E-state index in [2.05, 4.69) is 4.98 Å². The molecule has 1 aromatic heterocycles. The summed E-state index contributed by atoms with van der Waals surface area (Å²) in [4.78, 5) is 17.3. The average Bonchev–Trinajstić information content (AvgIpc) is 3.17. The molecule has 2 atom stereocenters. The van der Waals surface area contributed by atoms with Gasteiger partial charge < -0.3 is 14.6 Å². The number of sulfonamides is 1. The van der Waals surface area contributed by atoms with E-state index in [-0.39, 0.29) is 23.0 Å². The molecule has 1 amide bonds. The summed E-state index contributed by atoms with van der Waals surface area (Å²) >= 11 is 0. The van der Waals surface area contributed by atoms with Gasteiger partial charge in [0.15, 0.2) is 0 Å². The molecule has 0 aromatic carbocycles. The zero-order valence-electron chi connectivity index (χ0n) is 13.5. The third kappa shape index (κ3) is 3.29. The standard InChI is InChI=1S/C15H23N3O4S/c1-11-9-17(10-12(2)22-11)15(19)14-7-13(8-16-14)23(20,21)18-5-3-4-6-18/h7-8,11-12,16H,3-6,9-10H2,1-2H3. The lowest BCUT2D eigenvalue weighted by Crippen LogP contribution is -2.48. The van der Waals surface area contributed by atoms with Gasteiger partial charge in [-0.2, -0.15) is 4.31 Å². The third-order valence-electron chi connectivity index (χ3n) is 4.30. The number of aromatic amines is 1. The molecule has 3 heterocycles. The summed E-state index contributed by atoms with van der Waals surface area (Å²) in [6.07, 6.45) is 3.14. The largest absolute Gasteiger partial charge is 0.372 e. The van der Waals surface area contributed by atoms with Crippen molar-refractivity contribution in [2.75, 3.05) is 26.2 Å². The topological polar surface area (TPSA) is 82.7 Å². The van der Waals surface area contributed by atoms with E-state index in [9.17, 15) is 13.2 Å². The van der Waals surface area contributed by atoms with E-state index in [1.807, 2.05) is 13.8 Å². The average molecular weight is 341 g/mol. The highest BCUT2D eigenvalue weighted by Crippen LogP contribution is 2.22. The van der Waals surface area contributed by atoms with Crippen LogP contribution in [0.4, 0.5) is 0 Å². The highest BCUT2D eigenvalue weighted by Gasteiger charge is 2.31. The summed E-state index contributed by atoms with van der Waals surface area (Å²) in [7, 11) is -3.50. The Hall–Kier alpha value is -1.38. The van der Waals surface area contributed by atoms with E-state index in [0.717, 1.165) is 12.8 Å². The van der Waals surface area contributed by atoms with Gasteiger partial charge in [0.25, 0.3) is 5.91 Å². The van der Waals surface area contributed by atoms with E-state index >= 15 is 0 Å². The molecule has 2 saturated heterocycles. The van der Waals surface area contributed by atoms with Crippen molar-refractivity contribution in [2.24, 2.45) is 0 Å². The maximum absolute atomic E-state index is 12.6. The number of carbonyl (C=O) groups is 1. The number of hydrogen-bond donors (Lipinski definition) is 1. The number of aromatic nitrogens is 1. The van der Waals surface area contributed by atoms with Crippen LogP contribution in [0.2, 0.25) is 0 Å². The van der Waals surface area contributed by atoms with Crippen LogP contribution in [-0.4, -0.2) is 66.9 Å². The van der Waals surface area contributed by atoms with Crippen LogP contribution >= 0.6 is 0 Å². The maximum atomic E-state index is 12.6. The number of rotatable bonds is 3. The Morgan fingerprint density at radius 2 is 1.83 bits per heavy atom. The lowest BCUT2D eigenvalue weighted by atomic mass is 10.2. The number of amides is 1. The Balaban J connectivity index is 1.77. The Labute approximate surface area is 136 Å². The fourth-order valence-electron chi connectivity index (χ4n) is 3.24. The van der Waals surface area contributed by atoms with Crippen LogP contribution < -0.4 is 0 Å². The molecule has 0 spiro atoms. The van der Waals surface area contributed by atoms with Crippen molar-refractivity contribution in [3.8, 4) is 0 Å². The van der Waals surface area contributed by atoms with Gasteiger partial charge in [-0.05, 0) is 32.8 Å². The number of hydrogen-bond acceptors (Lipinski definition) is 4. The molecule has 2 fully saturated rings. The molecule has 1 N–H and O–H groups in total. The van der Waals surface area contributed by atoms with Gasteiger partial charge >= 0.3 is 0 Å². The lowest BCUT2D eigenvalue weighted by Gasteiger charge is -2.35. The molecule has 0 saturated carbocycles. The maximum Gasteiger partial charge on any atom is 0.270 e. The van der Waals surface area contributed by atoms with E-state index in [1.54, 1.807) is 4.90 Å². The van der Waals surface area contributed by atoms with Crippen LogP contribution in [0.1, 0.15) is 37.2 Å². The first-order valence-corrected chi connectivity index (χ1v) is 9.45. The van der Waals surface area contributed by atoms with Gasteiger partial charge in [0.2, 0.25) is 10.0 Å². The van der Waals surface area contributed by atoms with Crippen molar-refractivity contribution < 1.29 is 17.9 Å². The minimum atomic E-state index is -3.50. The van der Waals surface area contributed by atoms with Crippen molar-refractivity contribution in [1.29, 1.82) is 0 Å².